The highest BCUT2D eigenvalue weighted by molar-refractivity contribution is 6.00. The number of fused-ring (bicyclic) bond motifs is 1. The van der Waals surface area contributed by atoms with Crippen molar-refractivity contribution >= 4 is 23.1 Å². The molecule has 3 N–H and O–H groups in total. The van der Waals surface area contributed by atoms with E-state index in [9.17, 15) is 4.79 Å². The Balaban J connectivity index is 1.85. The quantitative estimate of drug-likeness (QED) is 0.511. The molecule has 0 amide bonds. The second kappa shape index (κ2) is 5.85. The van der Waals surface area contributed by atoms with E-state index in [1.165, 1.54) is 11.6 Å². The molecule has 6 nitrogen and oxygen atoms in total. The number of aromatic nitrogens is 3. The molecule has 0 saturated carbocycles. The highest BCUT2D eigenvalue weighted by Crippen LogP contribution is 2.20. The lowest BCUT2D eigenvalue weighted by Crippen LogP contribution is -2.10. The highest BCUT2D eigenvalue weighted by atomic mass is 16.1. The zero-order valence-corrected chi connectivity index (χ0v) is 12.5. The Morgan fingerprint density at radius 3 is 3.05 bits per heavy atom. The third kappa shape index (κ3) is 2.76. The summed E-state index contributed by atoms with van der Waals surface area (Å²) < 4.78 is 0. The van der Waals surface area contributed by atoms with Crippen LogP contribution in [0.3, 0.4) is 0 Å². The van der Waals surface area contributed by atoms with Crippen molar-refractivity contribution in [1.82, 2.24) is 15.0 Å². The SMILES string of the molecule is CCc1cccc2c(/C=N/Nc3nc(C)cc(=O)[nH]3)c[nH]c12. The molecule has 112 valence electrons. The summed E-state index contributed by atoms with van der Waals surface area (Å²) in [6.45, 7) is 3.89. The normalized spacial score (nSPS) is 11.4. The van der Waals surface area contributed by atoms with Crippen LogP contribution in [0.2, 0.25) is 0 Å². The third-order valence-electron chi connectivity index (χ3n) is 3.46. The molecule has 22 heavy (non-hydrogen) atoms. The molecule has 0 aliphatic carbocycles. The van der Waals surface area contributed by atoms with Gasteiger partial charge in [0.25, 0.3) is 5.56 Å². The fourth-order valence-corrected chi connectivity index (χ4v) is 2.44. The van der Waals surface area contributed by atoms with E-state index in [0.717, 1.165) is 22.9 Å². The summed E-state index contributed by atoms with van der Waals surface area (Å²) in [5, 5.41) is 5.27. The molecule has 0 saturated heterocycles. The van der Waals surface area contributed by atoms with E-state index in [4.69, 9.17) is 0 Å². The van der Waals surface area contributed by atoms with Gasteiger partial charge in [-0.3, -0.25) is 9.78 Å². The van der Waals surface area contributed by atoms with Gasteiger partial charge in [0.15, 0.2) is 0 Å². The fraction of sp³-hybridized carbons (Fsp3) is 0.188. The standard InChI is InChI=1S/C16H17N5O/c1-3-11-5-4-6-13-12(8-17-15(11)13)9-18-21-16-19-10(2)7-14(22)20-16/h4-9,17H,3H2,1-2H3,(H2,19,20,21,22)/b18-9+. The topological polar surface area (TPSA) is 85.9 Å². The van der Waals surface area contributed by atoms with E-state index in [1.807, 2.05) is 12.3 Å². The number of para-hydroxylation sites is 1. The highest BCUT2D eigenvalue weighted by Gasteiger charge is 2.04. The number of aromatic amines is 2. The minimum Gasteiger partial charge on any atom is -0.360 e. The Hall–Kier alpha value is -2.89. The molecule has 1 aromatic carbocycles. The second-order valence-electron chi connectivity index (χ2n) is 5.04. The average molecular weight is 295 g/mol. The van der Waals surface area contributed by atoms with E-state index in [0.29, 0.717) is 11.6 Å². The van der Waals surface area contributed by atoms with Gasteiger partial charge in [-0.15, -0.1) is 0 Å². The summed E-state index contributed by atoms with van der Waals surface area (Å²) in [6, 6.07) is 7.64. The van der Waals surface area contributed by atoms with Crippen molar-refractivity contribution in [1.29, 1.82) is 0 Å². The number of benzene rings is 1. The van der Waals surface area contributed by atoms with Gasteiger partial charge in [0.2, 0.25) is 5.95 Å². The van der Waals surface area contributed by atoms with E-state index < -0.39 is 0 Å². The van der Waals surface area contributed by atoms with Crippen LogP contribution in [-0.2, 0) is 6.42 Å². The third-order valence-corrected chi connectivity index (χ3v) is 3.46. The van der Waals surface area contributed by atoms with Crippen LogP contribution in [0.5, 0.6) is 0 Å². The Bertz CT molecular complexity index is 891. The molecular weight excluding hydrogens is 278 g/mol. The van der Waals surface area contributed by atoms with Crippen LogP contribution in [-0.4, -0.2) is 21.2 Å². The summed E-state index contributed by atoms with van der Waals surface area (Å²) in [5.41, 5.74) is 6.57. The van der Waals surface area contributed by atoms with Crippen molar-refractivity contribution in [3.63, 3.8) is 0 Å². The van der Waals surface area contributed by atoms with Crippen LogP contribution in [0.15, 0.2) is 40.4 Å². The van der Waals surface area contributed by atoms with Crippen LogP contribution in [0.1, 0.15) is 23.7 Å². The van der Waals surface area contributed by atoms with Crippen molar-refractivity contribution < 1.29 is 0 Å². The van der Waals surface area contributed by atoms with Crippen molar-refractivity contribution in [2.45, 2.75) is 20.3 Å². The molecule has 0 aliphatic heterocycles. The molecule has 0 fully saturated rings. The van der Waals surface area contributed by atoms with Crippen LogP contribution >= 0.6 is 0 Å². The maximum absolute atomic E-state index is 11.4. The monoisotopic (exact) mass is 295 g/mol. The Labute approximate surface area is 127 Å². The van der Waals surface area contributed by atoms with Crippen LogP contribution in [0.25, 0.3) is 10.9 Å². The number of nitrogens with zero attached hydrogens (tertiary/aromatic N) is 2. The van der Waals surface area contributed by atoms with Crippen LogP contribution in [0, 0.1) is 6.92 Å². The van der Waals surface area contributed by atoms with Gasteiger partial charge < -0.3 is 4.98 Å². The van der Waals surface area contributed by atoms with Gasteiger partial charge >= 0.3 is 0 Å². The number of hydrogen-bond donors (Lipinski definition) is 3. The number of rotatable bonds is 4. The molecule has 2 aromatic heterocycles. The summed E-state index contributed by atoms with van der Waals surface area (Å²) in [6.07, 6.45) is 4.60. The summed E-state index contributed by atoms with van der Waals surface area (Å²) >= 11 is 0. The molecule has 0 spiro atoms. The predicted octanol–water partition coefficient (Wildman–Crippen LogP) is 2.57. The number of hydrogen-bond acceptors (Lipinski definition) is 4. The van der Waals surface area contributed by atoms with Gasteiger partial charge in [-0.1, -0.05) is 25.1 Å². The minimum atomic E-state index is -0.204. The first kappa shape index (κ1) is 14.1. The van der Waals surface area contributed by atoms with E-state index in [2.05, 4.69) is 44.5 Å². The smallest absolute Gasteiger partial charge is 0.252 e. The van der Waals surface area contributed by atoms with Crippen molar-refractivity contribution in [3.05, 3.63) is 57.6 Å². The van der Waals surface area contributed by atoms with Gasteiger partial charge in [0.1, 0.15) is 0 Å². The Morgan fingerprint density at radius 2 is 2.27 bits per heavy atom. The van der Waals surface area contributed by atoms with Gasteiger partial charge in [-0.25, -0.2) is 10.4 Å². The summed E-state index contributed by atoms with van der Waals surface area (Å²) in [7, 11) is 0. The molecule has 0 atom stereocenters. The van der Waals surface area contributed by atoms with Crippen LogP contribution in [0.4, 0.5) is 5.95 Å². The lowest BCUT2D eigenvalue weighted by Gasteiger charge is -2.00. The molecule has 2 heterocycles. The number of anilines is 1. The zero-order valence-electron chi connectivity index (χ0n) is 12.5. The molecule has 3 aromatic rings. The lowest BCUT2D eigenvalue weighted by molar-refractivity contribution is 1.04. The first-order valence-corrected chi connectivity index (χ1v) is 7.13. The molecule has 3 rings (SSSR count). The lowest BCUT2D eigenvalue weighted by atomic mass is 10.1. The number of nitrogens with one attached hydrogen (secondary N) is 3. The van der Waals surface area contributed by atoms with Gasteiger partial charge in [-0.05, 0) is 18.9 Å². The summed E-state index contributed by atoms with van der Waals surface area (Å²) in [4.78, 5) is 21.4. The largest absolute Gasteiger partial charge is 0.360 e. The van der Waals surface area contributed by atoms with Crippen molar-refractivity contribution in [2.24, 2.45) is 5.10 Å². The van der Waals surface area contributed by atoms with Crippen LogP contribution < -0.4 is 11.0 Å². The van der Waals surface area contributed by atoms with Gasteiger partial charge in [0, 0.05) is 34.4 Å². The zero-order chi connectivity index (χ0) is 15.5. The number of aryl methyl sites for hydroxylation is 2. The first-order chi connectivity index (χ1) is 10.7. The molecular formula is C16H17N5O. The van der Waals surface area contributed by atoms with E-state index >= 15 is 0 Å². The Morgan fingerprint density at radius 1 is 1.41 bits per heavy atom. The molecule has 0 aliphatic rings. The fourth-order valence-electron chi connectivity index (χ4n) is 2.44. The van der Waals surface area contributed by atoms with E-state index in [-0.39, 0.29) is 5.56 Å². The average Bonchev–Trinajstić information content (AvgIpc) is 2.89. The summed E-state index contributed by atoms with van der Waals surface area (Å²) in [5.74, 6) is 0.329. The predicted molar refractivity (Wildman–Crippen MR) is 88.5 cm³/mol. The molecule has 0 unspecified atom stereocenters. The maximum atomic E-state index is 11.4. The number of H-pyrrole nitrogens is 2. The molecule has 0 radical (unpaired) electrons. The molecule has 0 bridgehead atoms. The minimum absolute atomic E-state index is 0.204. The molecule has 6 heteroatoms. The first-order valence-electron chi connectivity index (χ1n) is 7.13. The second-order valence-corrected chi connectivity index (χ2v) is 5.04. The van der Waals surface area contributed by atoms with E-state index in [1.54, 1.807) is 13.1 Å². The van der Waals surface area contributed by atoms with Gasteiger partial charge in [-0.2, -0.15) is 5.10 Å². The van der Waals surface area contributed by atoms with Crippen molar-refractivity contribution in [2.75, 3.05) is 5.43 Å². The van der Waals surface area contributed by atoms with Crippen molar-refractivity contribution in [3.8, 4) is 0 Å². The maximum Gasteiger partial charge on any atom is 0.252 e. The number of hydrazone groups is 1. The van der Waals surface area contributed by atoms with Gasteiger partial charge in [0.05, 0.1) is 6.21 Å². The Kier molecular flexibility index (Phi) is 3.74.